The van der Waals surface area contributed by atoms with Gasteiger partial charge in [0.2, 0.25) is 0 Å². The summed E-state index contributed by atoms with van der Waals surface area (Å²) < 4.78 is 0. The fraction of sp³-hybridized carbons (Fsp3) is 0.500. The summed E-state index contributed by atoms with van der Waals surface area (Å²) in [6, 6.07) is 2.98. The third kappa shape index (κ3) is 0.675. The first-order valence-corrected chi connectivity index (χ1v) is 4.58. The van der Waals surface area contributed by atoms with Gasteiger partial charge in [0.25, 0.3) is 0 Å². The van der Waals surface area contributed by atoms with Gasteiger partial charge in [0.1, 0.15) is 5.82 Å². The predicted octanol–water partition coefficient (Wildman–Crippen LogP) is 2.06. The summed E-state index contributed by atoms with van der Waals surface area (Å²) in [6.45, 7) is 2.11. The molecule has 12 heavy (non-hydrogen) atoms. The molecule has 1 aliphatic carbocycles. The lowest BCUT2D eigenvalue weighted by atomic mass is 9.78. The van der Waals surface area contributed by atoms with Crippen LogP contribution in [-0.4, -0.2) is 11.0 Å². The minimum atomic E-state index is 0.703. The van der Waals surface area contributed by atoms with E-state index in [1.165, 1.54) is 24.0 Å². The van der Waals surface area contributed by atoms with Crippen LogP contribution in [0.25, 0.3) is 0 Å². The molecule has 1 saturated carbocycles. The van der Waals surface area contributed by atoms with E-state index in [0.29, 0.717) is 6.04 Å². The SMILES string of the molecule is Cc1cnc2c(c1)C1CC[C@@H]1N2. The van der Waals surface area contributed by atoms with E-state index in [2.05, 4.69) is 23.3 Å². The second-order valence-electron chi connectivity index (χ2n) is 3.89. The summed E-state index contributed by atoms with van der Waals surface area (Å²) in [7, 11) is 0. The zero-order valence-electron chi connectivity index (χ0n) is 7.17. The monoisotopic (exact) mass is 160 g/mol. The van der Waals surface area contributed by atoms with Gasteiger partial charge in [-0.1, -0.05) is 6.07 Å². The van der Waals surface area contributed by atoms with Crippen LogP contribution in [-0.2, 0) is 0 Å². The Labute approximate surface area is 72.0 Å². The maximum Gasteiger partial charge on any atom is 0.129 e. The summed E-state index contributed by atoms with van der Waals surface area (Å²) in [5.41, 5.74) is 2.73. The predicted molar refractivity (Wildman–Crippen MR) is 48.4 cm³/mol. The van der Waals surface area contributed by atoms with Crippen molar-refractivity contribution in [1.29, 1.82) is 0 Å². The second-order valence-corrected chi connectivity index (χ2v) is 3.89. The molecule has 3 rings (SSSR count). The minimum Gasteiger partial charge on any atom is -0.366 e. The molecule has 2 heteroatoms. The van der Waals surface area contributed by atoms with Crippen molar-refractivity contribution in [2.24, 2.45) is 0 Å². The Hall–Kier alpha value is -1.05. The van der Waals surface area contributed by atoms with Crippen molar-refractivity contribution in [3.8, 4) is 0 Å². The summed E-state index contributed by atoms with van der Waals surface area (Å²) in [5, 5.41) is 3.45. The van der Waals surface area contributed by atoms with E-state index in [1.807, 2.05) is 6.20 Å². The number of aromatic nitrogens is 1. The molecule has 2 nitrogen and oxygen atoms in total. The van der Waals surface area contributed by atoms with Gasteiger partial charge in [0, 0.05) is 18.2 Å². The van der Waals surface area contributed by atoms with Gasteiger partial charge in [0.15, 0.2) is 0 Å². The summed E-state index contributed by atoms with van der Waals surface area (Å²) in [5.74, 6) is 1.90. The number of anilines is 1. The molecule has 0 aromatic carbocycles. The average molecular weight is 160 g/mol. The number of pyridine rings is 1. The third-order valence-electron chi connectivity index (χ3n) is 3.05. The molecule has 62 valence electrons. The largest absolute Gasteiger partial charge is 0.366 e. The quantitative estimate of drug-likeness (QED) is 0.628. The van der Waals surface area contributed by atoms with E-state index in [4.69, 9.17) is 0 Å². The van der Waals surface area contributed by atoms with E-state index in [9.17, 15) is 0 Å². The van der Waals surface area contributed by atoms with Crippen molar-refractivity contribution in [3.63, 3.8) is 0 Å². The van der Waals surface area contributed by atoms with E-state index in [1.54, 1.807) is 0 Å². The van der Waals surface area contributed by atoms with Gasteiger partial charge >= 0.3 is 0 Å². The Morgan fingerprint density at radius 1 is 1.50 bits per heavy atom. The van der Waals surface area contributed by atoms with Gasteiger partial charge in [0.05, 0.1) is 0 Å². The highest BCUT2D eigenvalue weighted by Crippen LogP contribution is 2.46. The molecule has 2 aliphatic rings. The normalized spacial score (nSPS) is 30.1. The molecule has 2 heterocycles. The zero-order chi connectivity index (χ0) is 8.13. The first-order chi connectivity index (χ1) is 5.84. The Bertz CT molecular complexity index is 333. The van der Waals surface area contributed by atoms with E-state index in [-0.39, 0.29) is 0 Å². The van der Waals surface area contributed by atoms with E-state index in [0.717, 1.165) is 11.7 Å². The summed E-state index contributed by atoms with van der Waals surface area (Å²) in [6.07, 6.45) is 4.60. The highest BCUT2D eigenvalue weighted by molar-refractivity contribution is 5.56. The molecular weight excluding hydrogens is 148 g/mol. The van der Waals surface area contributed by atoms with Crippen LogP contribution in [0.3, 0.4) is 0 Å². The van der Waals surface area contributed by atoms with Crippen LogP contribution < -0.4 is 5.32 Å². The number of rotatable bonds is 0. The van der Waals surface area contributed by atoms with Gasteiger partial charge in [-0.05, 0) is 30.9 Å². The molecule has 0 bridgehead atoms. The standard InChI is InChI=1S/C10H12N2/c1-6-4-8-7-2-3-9(7)12-10(8)11-5-6/h4-5,7,9H,2-3H2,1H3,(H,11,12)/t7?,9-/m0/s1. The Morgan fingerprint density at radius 2 is 2.42 bits per heavy atom. The molecule has 0 radical (unpaired) electrons. The number of hydrogen-bond donors (Lipinski definition) is 1. The first-order valence-electron chi connectivity index (χ1n) is 4.58. The molecule has 0 spiro atoms. The molecule has 1 aromatic rings. The van der Waals surface area contributed by atoms with Gasteiger partial charge in [-0.25, -0.2) is 4.98 Å². The van der Waals surface area contributed by atoms with Crippen molar-refractivity contribution < 1.29 is 0 Å². The van der Waals surface area contributed by atoms with Gasteiger partial charge in [-0.15, -0.1) is 0 Å². The topological polar surface area (TPSA) is 24.9 Å². The van der Waals surface area contributed by atoms with Crippen molar-refractivity contribution in [2.75, 3.05) is 5.32 Å². The lowest BCUT2D eigenvalue weighted by Crippen LogP contribution is -2.30. The molecule has 1 fully saturated rings. The fourth-order valence-electron chi connectivity index (χ4n) is 2.22. The van der Waals surface area contributed by atoms with Gasteiger partial charge < -0.3 is 5.32 Å². The maximum atomic E-state index is 4.39. The van der Waals surface area contributed by atoms with Gasteiger partial charge in [-0.3, -0.25) is 0 Å². The van der Waals surface area contributed by atoms with Crippen molar-refractivity contribution in [2.45, 2.75) is 31.7 Å². The summed E-state index contributed by atoms with van der Waals surface area (Å²) in [4.78, 5) is 4.39. The molecule has 0 saturated heterocycles. The Balaban J connectivity index is 2.13. The number of nitrogens with zero attached hydrogens (tertiary/aromatic N) is 1. The van der Waals surface area contributed by atoms with Crippen LogP contribution in [0.2, 0.25) is 0 Å². The van der Waals surface area contributed by atoms with Crippen LogP contribution in [0.1, 0.15) is 29.9 Å². The Morgan fingerprint density at radius 3 is 3.17 bits per heavy atom. The lowest BCUT2D eigenvalue weighted by molar-refractivity contribution is 0.391. The molecule has 1 aliphatic heterocycles. The number of aryl methyl sites for hydroxylation is 1. The number of nitrogens with one attached hydrogen (secondary N) is 1. The lowest BCUT2D eigenvalue weighted by Gasteiger charge is -2.29. The van der Waals surface area contributed by atoms with Crippen LogP contribution >= 0.6 is 0 Å². The van der Waals surface area contributed by atoms with Crippen LogP contribution in [0.5, 0.6) is 0 Å². The molecule has 1 unspecified atom stereocenters. The third-order valence-corrected chi connectivity index (χ3v) is 3.05. The van der Waals surface area contributed by atoms with E-state index >= 15 is 0 Å². The van der Waals surface area contributed by atoms with Crippen molar-refractivity contribution >= 4 is 5.82 Å². The highest BCUT2D eigenvalue weighted by atomic mass is 15.1. The Kier molecular flexibility index (Phi) is 1.08. The first kappa shape index (κ1) is 6.46. The fourth-order valence-corrected chi connectivity index (χ4v) is 2.22. The minimum absolute atomic E-state index is 0.703. The smallest absolute Gasteiger partial charge is 0.129 e. The second kappa shape index (κ2) is 2.00. The van der Waals surface area contributed by atoms with Crippen molar-refractivity contribution in [3.05, 3.63) is 23.4 Å². The van der Waals surface area contributed by atoms with E-state index < -0.39 is 0 Å². The molecule has 2 atom stereocenters. The van der Waals surface area contributed by atoms with Crippen molar-refractivity contribution in [1.82, 2.24) is 4.98 Å². The molecule has 1 N–H and O–H groups in total. The molecular formula is C10H12N2. The highest BCUT2D eigenvalue weighted by Gasteiger charge is 2.39. The van der Waals surface area contributed by atoms with Crippen LogP contribution in [0.4, 0.5) is 5.82 Å². The maximum absolute atomic E-state index is 4.39. The van der Waals surface area contributed by atoms with Crippen LogP contribution in [0, 0.1) is 6.92 Å². The zero-order valence-corrected chi connectivity index (χ0v) is 7.17. The van der Waals surface area contributed by atoms with Crippen LogP contribution in [0.15, 0.2) is 12.3 Å². The summed E-state index contributed by atoms with van der Waals surface area (Å²) >= 11 is 0. The number of fused-ring (bicyclic) bond motifs is 3. The number of hydrogen-bond acceptors (Lipinski definition) is 2. The molecule has 0 amide bonds. The average Bonchev–Trinajstić information content (AvgIpc) is 2.22. The van der Waals surface area contributed by atoms with Gasteiger partial charge in [-0.2, -0.15) is 0 Å². The molecule has 1 aromatic heterocycles.